The largest absolute Gasteiger partial charge is 0.497 e. The second kappa shape index (κ2) is 5.02. The van der Waals surface area contributed by atoms with E-state index in [0.717, 1.165) is 16.9 Å². The molecule has 2 rings (SSSR count). The molecule has 86 valence electrons. The summed E-state index contributed by atoms with van der Waals surface area (Å²) in [5.41, 5.74) is 2.56. The van der Waals surface area contributed by atoms with Crippen molar-refractivity contribution in [2.24, 2.45) is 0 Å². The molecule has 0 saturated heterocycles. The van der Waals surface area contributed by atoms with Gasteiger partial charge in [-0.2, -0.15) is 0 Å². The molecule has 0 spiro atoms. The first-order chi connectivity index (χ1) is 8.20. The average molecular weight is 247 g/mol. The zero-order valence-corrected chi connectivity index (χ0v) is 10.1. The van der Waals surface area contributed by atoms with Gasteiger partial charge in [0.05, 0.1) is 7.11 Å². The van der Waals surface area contributed by atoms with Crippen LogP contribution in [-0.2, 0) is 0 Å². The highest BCUT2D eigenvalue weighted by atomic mass is 35.5. The second-order valence-electron chi connectivity index (χ2n) is 3.58. The lowest BCUT2D eigenvalue weighted by atomic mass is 10.0. The van der Waals surface area contributed by atoms with Gasteiger partial charge in [0.2, 0.25) is 0 Å². The highest BCUT2D eigenvalue weighted by Gasteiger charge is 2.03. The summed E-state index contributed by atoms with van der Waals surface area (Å²) in [5.74, 6) is 0.806. The smallest absolute Gasteiger partial charge is 0.252 e. The maximum absolute atomic E-state index is 10.9. The first-order valence-corrected chi connectivity index (χ1v) is 5.53. The number of halogens is 1. The Kier molecular flexibility index (Phi) is 3.45. The lowest BCUT2D eigenvalue weighted by Crippen LogP contribution is -1.88. The van der Waals surface area contributed by atoms with Gasteiger partial charge < -0.3 is 4.74 Å². The number of hydrogen-bond acceptors (Lipinski definition) is 2. The van der Waals surface area contributed by atoms with Gasteiger partial charge in [-0.15, -0.1) is 0 Å². The van der Waals surface area contributed by atoms with Crippen LogP contribution < -0.4 is 4.74 Å². The molecule has 0 aliphatic rings. The van der Waals surface area contributed by atoms with Gasteiger partial charge in [0, 0.05) is 5.56 Å². The van der Waals surface area contributed by atoms with Crippen LogP contribution in [-0.4, -0.2) is 12.4 Å². The summed E-state index contributed by atoms with van der Waals surface area (Å²) < 4.78 is 5.16. The van der Waals surface area contributed by atoms with E-state index in [9.17, 15) is 4.79 Å². The van der Waals surface area contributed by atoms with Gasteiger partial charge in [-0.1, -0.05) is 24.3 Å². The second-order valence-corrected chi connectivity index (χ2v) is 3.93. The molecule has 0 fully saturated rings. The lowest BCUT2D eigenvalue weighted by molar-refractivity contribution is 0.108. The molecule has 0 N–H and O–H groups in total. The standard InChI is InChI=1S/C14H11ClO2/c1-17-13-4-2-3-12(9-13)10-5-7-11(8-6-10)14(15)16/h2-9H,1H3. The molecule has 0 aliphatic heterocycles. The van der Waals surface area contributed by atoms with E-state index in [0.29, 0.717) is 5.56 Å². The van der Waals surface area contributed by atoms with E-state index in [1.54, 1.807) is 19.2 Å². The van der Waals surface area contributed by atoms with Gasteiger partial charge >= 0.3 is 0 Å². The number of ether oxygens (including phenoxy) is 1. The minimum absolute atomic E-state index is 0.442. The van der Waals surface area contributed by atoms with Crippen molar-refractivity contribution < 1.29 is 9.53 Å². The van der Waals surface area contributed by atoms with Crippen molar-refractivity contribution in [2.75, 3.05) is 7.11 Å². The number of benzene rings is 2. The first-order valence-electron chi connectivity index (χ1n) is 5.15. The molecule has 17 heavy (non-hydrogen) atoms. The Balaban J connectivity index is 2.36. The summed E-state index contributed by atoms with van der Waals surface area (Å²) >= 11 is 5.39. The number of carbonyl (C=O) groups is 1. The summed E-state index contributed by atoms with van der Waals surface area (Å²) in [6, 6.07) is 14.9. The Labute approximate surface area is 105 Å². The maximum atomic E-state index is 10.9. The average Bonchev–Trinajstić information content (AvgIpc) is 2.39. The normalized spacial score (nSPS) is 10.0. The van der Waals surface area contributed by atoms with Crippen LogP contribution in [0.1, 0.15) is 10.4 Å². The Bertz CT molecular complexity index is 532. The molecule has 0 aromatic heterocycles. The van der Waals surface area contributed by atoms with Gasteiger partial charge in [-0.05, 0) is 47.0 Å². The predicted octanol–water partition coefficient (Wildman–Crippen LogP) is 3.74. The molecule has 0 radical (unpaired) electrons. The summed E-state index contributed by atoms with van der Waals surface area (Å²) in [6.45, 7) is 0. The van der Waals surface area contributed by atoms with Crippen LogP contribution in [0.15, 0.2) is 48.5 Å². The zero-order chi connectivity index (χ0) is 12.3. The van der Waals surface area contributed by atoms with E-state index in [2.05, 4.69) is 0 Å². The van der Waals surface area contributed by atoms with Crippen molar-refractivity contribution in [3.05, 3.63) is 54.1 Å². The van der Waals surface area contributed by atoms with Crippen LogP contribution in [0.3, 0.4) is 0 Å². The minimum atomic E-state index is -0.442. The Morgan fingerprint density at radius 2 is 1.76 bits per heavy atom. The molecule has 3 heteroatoms. The van der Waals surface area contributed by atoms with Crippen molar-refractivity contribution in [3.8, 4) is 16.9 Å². The molecule has 2 aromatic rings. The molecule has 0 heterocycles. The van der Waals surface area contributed by atoms with Gasteiger partial charge in [-0.25, -0.2) is 0 Å². The van der Waals surface area contributed by atoms with Gasteiger partial charge in [-0.3, -0.25) is 4.79 Å². The van der Waals surface area contributed by atoms with Gasteiger partial charge in [0.1, 0.15) is 5.75 Å². The molecule has 0 atom stereocenters. The first kappa shape index (κ1) is 11.7. The summed E-state index contributed by atoms with van der Waals surface area (Å²) in [4.78, 5) is 10.9. The Morgan fingerprint density at radius 1 is 1.06 bits per heavy atom. The van der Waals surface area contributed by atoms with Gasteiger partial charge in [0.25, 0.3) is 5.24 Å². The van der Waals surface area contributed by atoms with Crippen molar-refractivity contribution in [1.29, 1.82) is 0 Å². The van der Waals surface area contributed by atoms with Crippen molar-refractivity contribution >= 4 is 16.8 Å². The quantitative estimate of drug-likeness (QED) is 0.771. The third kappa shape index (κ3) is 2.66. The molecule has 2 aromatic carbocycles. The molecule has 2 nitrogen and oxygen atoms in total. The van der Waals surface area contributed by atoms with Crippen molar-refractivity contribution in [2.45, 2.75) is 0 Å². The SMILES string of the molecule is COc1cccc(-c2ccc(C(=O)Cl)cc2)c1. The zero-order valence-electron chi connectivity index (χ0n) is 9.31. The fourth-order valence-corrected chi connectivity index (χ4v) is 1.72. The number of rotatable bonds is 3. The van der Waals surface area contributed by atoms with E-state index >= 15 is 0 Å². The van der Waals surface area contributed by atoms with E-state index in [4.69, 9.17) is 16.3 Å². The van der Waals surface area contributed by atoms with Crippen LogP contribution in [0.5, 0.6) is 5.75 Å². The molecular weight excluding hydrogens is 236 g/mol. The molecule has 0 unspecified atom stereocenters. The fourth-order valence-electron chi connectivity index (χ4n) is 1.60. The van der Waals surface area contributed by atoms with Gasteiger partial charge in [0.15, 0.2) is 0 Å². The highest BCUT2D eigenvalue weighted by Crippen LogP contribution is 2.24. The van der Waals surface area contributed by atoms with E-state index < -0.39 is 5.24 Å². The molecule has 0 aliphatic carbocycles. The third-order valence-electron chi connectivity index (χ3n) is 2.51. The summed E-state index contributed by atoms with van der Waals surface area (Å²) in [5, 5.41) is -0.442. The van der Waals surface area contributed by atoms with Crippen LogP contribution >= 0.6 is 11.6 Å². The predicted molar refractivity (Wildman–Crippen MR) is 68.6 cm³/mol. The molecule has 0 bridgehead atoms. The summed E-state index contributed by atoms with van der Waals surface area (Å²) in [7, 11) is 1.63. The lowest BCUT2D eigenvalue weighted by Gasteiger charge is -2.05. The van der Waals surface area contributed by atoms with E-state index in [-0.39, 0.29) is 0 Å². The van der Waals surface area contributed by atoms with E-state index in [1.165, 1.54) is 0 Å². The number of hydrogen-bond donors (Lipinski definition) is 0. The van der Waals surface area contributed by atoms with Crippen LogP contribution in [0.25, 0.3) is 11.1 Å². The maximum Gasteiger partial charge on any atom is 0.252 e. The molecule has 0 amide bonds. The molecule has 0 saturated carbocycles. The van der Waals surface area contributed by atoms with Crippen LogP contribution in [0.2, 0.25) is 0 Å². The monoisotopic (exact) mass is 246 g/mol. The third-order valence-corrected chi connectivity index (χ3v) is 2.73. The van der Waals surface area contributed by atoms with Crippen molar-refractivity contribution in [1.82, 2.24) is 0 Å². The van der Waals surface area contributed by atoms with Crippen LogP contribution in [0.4, 0.5) is 0 Å². The highest BCUT2D eigenvalue weighted by molar-refractivity contribution is 6.67. The van der Waals surface area contributed by atoms with E-state index in [1.807, 2.05) is 36.4 Å². The molecular formula is C14H11ClO2. The van der Waals surface area contributed by atoms with Crippen molar-refractivity contribution in [3.63, 3.8) is 0 Å². The Hall–Kier alpha value is -1.80. The minimum Gasteiger partial charge on any atom is -0.497 e. The topological polar surface area (TPSA) is 26.3 Å². The fraction of sp³-hybridized carbons (Fsp3) is 0.0714. The Morgan fingerprint density at radius 3 is 2.35 bits per heavy atom. The van der Waals surface area contributed by atoms with Crippen LogP contribution in [0, 0.1) is 0 Å². The summed E-state index contributed by atoms with van der Waals surface area (Å²) in [6.07, 6.45) is 0. The number of carbonyl (C=O) groups excluding carboxylic acids is 1. The number of methoxy groups -OCH3 is 1.